The van der Waals surface area contributed by atoms with Crippen molar-refractivity contribution in [2.24, 2.45) is 0 Å². The molecule has 0 aromatic carbocycles. The summed E-state index contributed by atoms with van der Waals surface area (Å²) in [6, 6.07) is 2.15. The topological polar surface area (TPSA) is 65.3 Å². The Labute approximate surface area is 73.1 Å². The average molecular weight is 172 g/mol. The van der Waals surface area contributed by atoms with Gasteiger partial charge in [0.25, 0.3) is 0 Å². The number of nitrogens with zero attached hydrogens (tertiary/aromatic N) is 1. The van der Waals surface area contributed by atoms with Crippen LogP contribution in [0.3, 0.4) is 0 Å². The molecule has 4 heteroatoms. The van der Waals surface area contributed by atoms with E-state index in [-0.39, 0.29) is 6.61 Å². The Kier molecular flexibility index (Phi) is 5.64. The third-order valence-electron chi connectivity index (χ3n) is 1.68. The van der Waals surface area contributed by atoms with Crippen LogP contribution in [0.1, 0.15) is 13.3 Å². The molecule has 0 rings (SSSR count). The van der Waals surface area contributed by atoms with Gasteiger partial charge in [0.05, 0.1) is 12.7 Å². The predicted octanol–water partition coefficient (Wildman–Crippen LogP) is -0.113. The molecule has 0 amide bonds. The molecule has 0 aliphatic heterocycles. The molecule has 0 bridgehead atoms. The second-order valence-electron chi connectivity index (χ2n) is 2.84. The Bertz CT molecular complexity index is 146. The molecular formula is C8H16N2O2. The maximum atomic E-state index is 8.79. The van der Waals surface area contributed by atoms with Crippen molar-refractivity contribution in [2.45, 2.75) is 18.9 Å². The quantitative estimate of drug-likeness (QED) is 0.586. The highest BCUT2D eigenvalue weighted by Gasteiger charge is 2.21. The van der Waals surface area contributed by atoms with Crippen LogP contribution in [-0.4, -0.2) is 37.5 Å². The van der Waals surface area contributed by atoms with E-state index in [1.165, 1.54) is 0 Å². The fraction of sp³-hybridized carbons (Fsp3) is 0.875. The lowest BCUT2D eigenvalue weighted by atomic mass is 10.0. The first kappa shape index (κ1) is 11.4. The summed E-state index contributed by atoms with van der Waals surface area (Å²) in [6.07, 6.45) is 0.625. The van der Waals surface area contributed by atoms with Crippen LogP contribution in [0, 0.1) is 11.3 Å². The van der Waals surface area contributed by atoms with Crippen molar-refractivity contribution >= 4 is 0 Å². The lowest BCUT2D eigenvalue weighted by molar-refractivity contribution is 0.170. The van der Waals surface area contributed by atoms with E-state index in [1.807, 2.05) is 0 Å². The number of hydrogen-bond donors (Lipinski definition) is 2. The van der Waals surface area contributed by atoms with Crippen LogP contribution in [0.25, 0.3) is 0 Å². The zero-order valence-electron chi connectivity index (χ0n) is 7.63. The van der Waals surface area contributed by atoms with E-state index < -0.39 is 5.54 Å². The summed E-state index contributed by atoms with van der Waals surface area (Å²) in [6.45, 7) is 2.82. The van der Waals surface area contributed by atoms with Gasteiger partial charge in [-0.05, 0) is 6.92 Å². The van der Waals surface area contributed by atoms with Crippen molar-refractivity contribution in [1.82, 2.24) is 5.32 Å². The second kappa shape index (κ2) is 5.95. The van der Waals surface area contributed by atoms with E-state index in [4.69, 9.17) is 15.1 Å². The van der Waals surface area contributed by atoms with Crippen LogP contribution in [0.4, 0.5) is 0 Å². The first-order chi connectivity index (χ1) is 5.68. The largest absolute Gasteiger partial charge is 0.395 e. The zero-order chi connectivity index (χ0) is 9.45. The molecule has 0 aromatic rings. The molecule has 4 nitrogen and oxygen atoms in total. The highest BCUT2D eigenvalue weighted by Crippen LogP contribution is 2.07. The Balaban J connectivity index is 3.81. The normalized spacial score (nSPS) is 15.2. The molecule has 2 N–H and O–H groups in total. The number of methoxy groups -OCH3 is 1. The minimum atomic E-state index is -0.585. The van der Waals surface area contributed by atoms with Crippen LogP contribution in [-0.2, 0) is 4.74 Å². The lowest BCUT2D eigenvalue weighted by Gasteiger charge is -2.22. The fourth-order valence-electron chi connectivity index (χ4n) is 0.822. The van der Waals surface area contributed by atoms with Crippen LogP contribution in [0.2, 0.25) is 0 Å². The van der Waals surface area contributed by atoms with Gasteiger partial charge in [-0.2, -0.15) is 5.26 Å². The number of β-amino-alcohol motifs (C(OH)–C–C–N with tert-alkyl or cyclic N) is 1. The summed E-state index contributed by atoms with van der Waals surface area (Å²) in [4.78, 5) is 0. The lowest BCUT2D eigenvalue weighted by Crippen LogP contribution is -2.43. The Hall–Kier alpha value is -0.630. The summed E-state index contributed by atoms with van der Waals surface area (Å²) < 4.78 is 4.87. The maximum absolute atomic E-state index is 8.79. The molecule has 0 fully saturated rings. The Morgan fingerprint density at radius 3 is 2.75 bits per heavy atom. The highest BCUT2D eigenvalue weighted by atomic mass is 16.5. The number of aliphatic hydroxyl groups excluding tert-OH is 1. The third kappa shape index (κ3) is 4.29. The first-order valence-corrected chi connectivity index (χ1v) is 3.94. The molecule has 0 saturated heterocycles. The molecule has 0 spiro atoms. The molecule has 0 aliphatic rings. The molecule has 0 radical (unpaired) electrons. The van der Waals surface area contributed by atoms with Crippen molar-refractivity contribution in [3.8, 4) is 6.07 Å². The Morgan fingerprint density at radius 2 is 2.33 bits per heavy atom. The monoisotopic (exact) mass is 172 g/mol. The van der Waals surface area contributed by atoms with Gasteiger partial charge in [-0.1, -0.05) is 0 Å². The number of aliphatic hydroxyl groups is 1. The smallest absolute Gasteiger partial charge is 0.106 e. The number of hydrogen-bond acceptors (Lipinski definition) is 4. The molecule has 1 unspecified atom stereocenters. The van der Waals surface area contributed by atoms with Gasteiger partial charge in [0.15, 0.2) is 0 Å². The van der Waals surface area contributed by atoms with Gasteiger partial charge >= 0.3 is 0 Å². The number of nitriles is 1. The van der Waals surface area contributed by atoms with Crippen molar-refractivity contribution in [2.75, 3.05) is 26.9 Å². The van der Waals surface area contributed by atoms with Crippen molar-refractivity contribution < 1.29 is 9.84 Å². The van der Waals surface area contributed by atoms with Crippen molar-refractivity contribution in [3.05, 3.63) is 0 Å². The summed E-state index contributed by atoms with van der Waals surface area (Å²) in [5.41, 5.74) is -0.585. The molecule has 0 aliphatic carbocycles. The minimum absolute atomic E-state index is 0.0459. The predicted molar refractivity (Wildman–Crippen MR) is 45.6 cm³/mol. The molecule has 12 heavy (non-hydrogen) atoms. The molecule has 70 valence electrons. The van der Waals surface area contributed by atoms with Gasteiger partial charge in [0.2, 0.25) is 0 Å². The highest BCUT2D eigenvalue weighted by molar-refractivity contribution is 5.03. The second-order valence-corrected chi connectivity index (χ2v) is 2.84. The summed E-state index contributed by atoms with van der Waals surface area (Å²) in [5.74, 6) is 0. The number of rotatable bonds is 6. The third-order valence-corrected chi connectivity index (χ3v) is 1.68. The standard InChI is InChI=1S/C8H16N2O2/c1-8(7-9,3-6-12-2)10-4-5-11/h10-11H,3-6H2,1-2H3. The fourth-order valence-corrected chi connectivity index (χ4v) is 0.822. The van der Waals surface area contributed by atoms with Gasteiger partial charge < -0.3 is 9.84 Å². The van der Waals surface area contributed by atoms with E-state index in [0.29, 0.717) is 19.6 Å². The van der Waals surface area contributed by atoms with E-state index in [9.17, 15) is 0 Å². The van der Waals surface area contributed by atoms with E-state index in [0.717, 1.165) is 0 Å². The summed E-state index contributed by atoms with van der Waals surface area (Å²) in [7, 11) is 1.60. The minimum Gasteiger partial charge on any atom is -0.395 e. The number of ether oxygens (including phenoxy) is 1. The van der Waals surface area contributed by atoms with Gasteiger partial charge in [-0.3, -0.25) is 5.32 Å². The molecule has 0 heterocycles. The SMILES string of the molecule is COCCC(C)(C#N)NCCO. The molecular weight excluding hydrogens is 156 g/mol. The van der Waals surface area contributed by atoms with Gasteiger partial charge in [-0.25, -0.2) is 0 Å². The van der Waals surface area contributed by atoms with Crippen LogP contribution < -0.4 is 5.32 Å². The summed E-state index contributed by atoms with van der Waals surface area (Å²) >= 11 is 0. The first-order valence-electron chi connectivity index (χ1n) is 3.94. The van der Waals surface area contributed by atoms with Crippen molar-refractivity contribution in [1.29, 1.82) is 5.26 Å². The van der Waals surface area contributed by atoms with E-state index in [1.54, 1.807) is 14.0 Å². The van der Waals surface area contributed by atoms with E-state index in [2.05, 4.69) is 11.4 Å². The van der Waals surface area contributed by atoms with Crippen LogP contribution in [0.15, 0.2) is 0 Å². The summed E-state index contributed by atoms with van der Waals surface area (Å²) in [5, 5.41) is 20.3. The molecule has 0 saturated carbocycles. The average Bonchev–Trinajstić information content (AvgIpc) is 2.11. The molecule has 1 atom stereocenters. The molecule has 0 aromatic heterocycles. The Morgan fingerprint density at radius 1 is 1.67 bits per heavy atom. The number of nitrogens with one attached hydrogen (secondary N) is 1. The zero-order valence-corrected chi connectivity index (χ0v) is 7.63. The maximum Gasteiger partial charge on any atom is 0.106 e. The van der Waals surface area contributed by atoms with Crippen LogP contribution >= 0.6 is 0 Å². The van der Waals surface area contributed by atoms with E-state index >= 15 is 0 Å². The van der Waals surface area contributed by atoms with Gasteiger partial charge in [-0.15, -0.1) is 0 Å². The van der Waals surface area contributed by atoms with Gasteiger partial charge in [0.1, 0.15) is 5.54 Å². The van der Waals surface area contributed by atoms with Gasteiger partial charge in [0, 0.05) is 26.7 Å². The van der Waals surface area contributed by atoms with Crippen molar-refractivity contribution in [3.63, 3.8) is 0 Å². The van der Waals surface area contributed by atoms with Crippen LogP contribution in [0.5, 0.6) is 0 Å².